The average molecular weight is 557 g/mol. The van der Waals surface area contributed by atoms with Crippen molar-refractivity contribution in [1.82, 2.24) is 19.0 Å². The number of hydrogen-bond donors (Lipinski definition) is 1. The molecule has 0 aliphatic carbocycles. The van der Waals surface area contributed by atoms with Gasteiger partial charge in [-0.3, -0.25) is 4.79 Å². The molecule has 0 unspecified atom stereocenters. The molecule has 1 aromatic heterocycles. The topological polar surface area (TPSA) is 109 Å². The van der Waals surface area contributed by atoms with Crippen LogP contribution in [0.4, 0.5) is 11.4 Å². The molecule has 0 spiro atoms. The Morgan fingerprint density at radius 2 is 1.67 bits per heavy atom. The number of para-hydroxylation sites is 1. The lowest BCUT2D eigenvalue weighted by atomic mass is 10.2. The highest BCUT2D eigenvalue weighted by molar-refractivity contribution is 7.89. The third-order valence-corrected chi connectivity index (χ3v) is 8.51. The molecular formula is C27H36N6O5S. The monoisotopic (exact) mass is 556 g/mol. The van der Waals surface area contributed by atoms with Gasteiger partial charge in [-0.05, 0) is 51.3 Å². The van der Waals surface area contributed by atoms with Crippen molar-refractivity contribution in [3.8, 4) is 17.2 Å². The summed E-state index contributed by atoms with van der Waals surface area (Å²) < 4.78 is 40.1. The lowest BCUT2D eigenvalue weighted by molar-refractivity contribution is 0.353. The molecule has 0 atom stereocenters. The minimum absolute atomic E-state index is 0.143. The summed E-state index contributed by atoms with van der Waals surface area (Å²) in [5.41, 5.74) is 1.56. The molecule has 39 heavy (non-hydrogen) atoms. The van der Waals surface area contributed by atoms with Gasteiger partial charge in [0.2, 0.25) is 10.0 Å². The first kappa shape index (κ1) is 28.4. The Hall–Kier alpha value is -3.61. The van der Waals surface area contributed by atoms with Gasteiger partial charge in [0.25, 0.3) is 5.56 Å². The summed E-state index contributed by atoms with van der Waals surface area (Å²) in [5.74, 6) is 0.817. The summed E-state index contributed by atoms with van der Waals surface area (Å²) in [6, 6.07) is 13.9. The highest BCUT2D eigenvalue weighted by Crippen LogP contribution is 2.31. The quantitative estimate of drug-likeness (QED) is 0.355. The van der Waals surface area contributed by atoms with E-state index >= 15 is 0 Å². The van der Waals surface area contributed by atoms with Gasteiger partial charge < -0.3 is 24.6 Å². The Labute approximate surface area is 229 Å². The van der Waals surface area contributed by atoms with E-state index in [0.29, 0.717) is 48.2 Å². The molecule has 11 nitrogen and oxygen atoms in total. The first-order valence-electron chi connectivity index (χ1n) is 12.8. The van der Waals surface area contributed by atoms with E-state index < -0.39 is 10.0 Å². The Morgan fingerprint density at radius 3 is 2.31 bits per heavy atom. The molecule has 0 bridgehead atoms. The van der Waals surface area contributed by atoms with Crippen LogP contribution in [0.2, 0.25) is 0 Å². The summed E-state index contributed by atoms with van der Waals surface area (Å²) in [4.78, 5) is 17.8. The first-order chi connectivity index (χ1) is 18.8. The summed E-state index contributed by atoms with van der Waals surface area (Å²) in [5, 5.41) is 7.78. The predicted molar refractivity (Wildman–Crippen MR) is 152 cm³/mol. The van der Waals surface area contributed by atoms with Crippen LogP contribution in [0.1, 0.15) is 6.42 Å². The van der Waals surface area contributed by atoms with Crippen LogP contribution in [0.25, 0.3) is 5.69 Å². The highest BCUT2D eigenvalue weighted by Gasteiger charge is 2.31. The van der Waals surface area contributed by atoms with Crippen LogP contribution in [0.15, 0.2) is 64.4 Å². The third-order valence-electron chi connectivity index (χ3n) is 6.61. The van der Waals surface area contributed by atoms with Gasteiger partial charge in [-0.15, -0.1) is 0 Å². The smallest absolute Gasteiger partial charge is 0.296 e. The van der Waals surface area contributed by atoms with Crippen LogP contribution in [0, 0.1) is 0 Å². The number of sulfonamides is 1. The molecule has 0 amide bonds. The predicted octanol–water partition coefficient (Wildman–Crippen LogP) is 2.12. The minimum atomic E-state index is -3.74. The Balaban J connectivity index is 1.56. The number of ether oxygens (including phenoxy) is 2. The molecule has 12 heteroatoms. The van der Waals surface area contributed by atoms with Gasteiger partial charge in [0.15, 0.2) is 11.5 Å². The number of methoxy groups -OCH3 is 2. The zero-order valence-electron chi connectivity index (χ0n) is 22.8. The standard InChI is InChI=1S/C27H36N6O5S/c1-30(2)14-8-13-28-26-23(20-29-33(27(26)34)21-9-6-5-7-10-21)31-15-17-32(18-16-31)39(35,36)22-11-12-24(37-3)25(19-22)38-4/h5-7,9-12,19-20,28H,8,13-18H2,1-4H3. The van der Waals surface area contributed by atoms with E-state index in [-0.39, 0.29) is 23.5 Å². The summed E-state index contributed by atoms with van der Waals surface area (Å²) >= 11 is 0. The number of benzene rings is 2. The summed E-state index contributed by atoms with van der Waals surface area (Å²) in [6.45, 7) is 2.85. The lowest BCUT2D eigenvalue weighted by Crippen LogP contribution is -2.49. The third kappa shape index (κ3) is 6.35. The summed E-state index contributed by atoms with van der Waals surface area (Å²) in [7, 11) is 3.25. The fourth-order valence-electron chi connectivity index (χ4n) is 4.51. The molecule has 1 aliphatic heterocycles. The van der Waals surface area contributed by atoms with Crippen molar-refractivity contribution < 1.29 is 17.9 Å². The molecule has 210 valence electrons. The fraction of sp³-hybridized carbons (Fsp3) is 0.407. The van der Waals surface area contributed by atoms with Crippen molar-refractivity contribution in [2.24, 2.45) is 0 Å². The molecule has 1 N–H and O–H groups in total. The Morgan fingerprint density at radius 1 is 0.974 bits per heavy atom. The van der Waals surface area contributed by atoms with Crippen LogP contribution in [0.3, 0.4) is 0 Å². The average Bonchev–Trinajstić information content (AvgIpc) is 2.95. The maximum Gasteiger partial charge on any atom is 0.296 e. The SMILES string of the molecule is COc1ccc(S(=O)(=O)N2CCN(c3cnn(-c4ccccc4)c(=O)c3NCCCN(C)C)CC2)cc1OC. The van der Waals surface area contributed by atoms with Gasteiger partial charge in [-0.1, -0.05) is 18.2 Å². The molecule has 1 saturated heterocycles. The zero-order chi connectivity index (χ0) is 28.0. The second-order valence-corrected chi connectivity index (χ2v) is 11.4. The molecule has 4 rings (SSSR count). The molecule has 0 saturated carbocycles. The van der Waals surface area contributed by atoms with Crippen molar-refractivity contribution >= 4 is 21.4 Å². The molecule has 2 aromatic carbocycles. The van der Waals surface area contributed by atoms with Crippen LogP contribution in [-0.4, -0.2) is 95.0 Å². The second kappa shape index (κ2) is 12.5. The van der Waals surface area contributed by atoms with Crippen LogP contribution in [-0.2, 0) is 10.0 Å². The van der Waals surface area contributed by atoms with E-state index in [1.807, 2.05) is 49.3 Å². The van der Waals surface area contributed by atoms with Gasteiger partial charge in [0, 0.05) is 38.8 Å². The van der Waals surface area contributed by atoms with Crippen molar-refractivity contribution in [2.75, 3.05) is 77.8 Å². The largest absolute Gasteiger partial charge is 0.493 e. The molecule has 2 heterocycles. The normalized spacial score (nSPS) is 14.4. The van der Waals surface area contributed by atoms with E-state index in [2.05, 4.69) is 15.3 Å². The van der Waals surface area contributed by atoms with E-state index in [9.17, 15) is 13.2 Å². The number of anilines is 2. The van der Waals surface area contributed by atoms with Gasteiger partial charge in [-0.25, -0.2) is 8.42 Å². The first-order valence-corrected chi connectivity index (χ1v) is 14.2. The van der Waals surface area contributed by atoms with Crippen LogP contribution in [0.5, 0.6) is 11.5 Å². The van der Waals surface area contributed by atoms with Crippen molar-refractivity contribution in [2.45, 2.75) is 11.3 Å². The number of piperazine rings is 1. The number of hydrogen-bond acceptors (Lipinski definition) is 9. The molecular weight excluding hydrogens is 520 g/mol. The maximum absolute atomic E-state index is 13.6. The van der Waals surface area contributed by atoms with Gasteiger partial charge in [0.1, 0.15) is 5.69 Å². The fourth-order valence-corrected chi connectivity index (χ4v) is 5.95. The minimum Gasteiger partial charge on any atom is -0.493 e. The van der Waals surface area contributed by atoms with Crippen molar-refractivity contribution in [1.29, 1.82) is 0 Å². The molecule has 3 aromatic rings. The lowest BCUT2D eigenvalue weighted by Gasteiger charge is -2.36. The Bertz CT molecular complexity index is 1420. The maximum atomic E-state index is 13.6. The van der Waals surface area contributed by atoms with E-state index in [1.54, 1.807) is 12.3 Å². The van der Waals surface area contributed by atoms with E-state index in [1.165, 1.54) is 35.3 Å². The van der Waals surface area contributed by atoms with Crippen LogP contribution < -0.4 is 25.2 Å². The van der Waals surface area contributed by atoms with Crippen molar-refractivity contribution in [3.63, 3.8) is 0 Å². The van der Waals surface area contributed by atoms with E-state index in [0.717, 1.165) is 13.0 Å². The molecule has 0 radical (unpaired) electrons. The molecule has 1 fully saturated rings. The number of nitrogens with one attached hydrogen (secondary N) is 1. The Kier molecular flexibility index (Phi) is 9.10. The van der Waals surface area contributed by atoms with Crippen LogP contribution >= 0.6 is 0 Å². The van der Waals surface area contributed by atoms with Crippen molar-refractivity contribution in [3.05, 3.63) is 65.1 Å². The number of nitrogens with zero attached hydrogens (tertiary/aromatic N) is 5. The summed E-state index contributed by atoms with van der Waals surface area (Å²) in [6.07, 6.45) is 2.54. The van der Waals surface area contributed by atoms with Gasteiger partial charge >= 0.3 is 0 Å². The van der Waals surface area contributed by atoms with E-state index in [4.69, 9.17) is 9.47 Å². The second-order valence-electron chi connectivity index (χ2n) is 9.45. The highest BCUT2D eigenvalue weighted by atomic mass is 32.2. The molecule has 1 aliphatic rings. The zero-order valence-corrected chi connectivity index (χ0v) is 23.6. The number of rotatable bonds is 11. The van der Waals surface area contributed by atoms with Gasteiger partial charge in [-0.2, -0.15) is 14.1 Å². The van der Waals surface area contributed by atoms with Gasteiger partial charge in [0.05, 0.1) is 36.7 Å². The number of aromatic nitrogens is 2.